The first kappa shape index (κ1) is 14.4. The number of likely N-dealkylation sites (N-methyl/N-ethyl adjacent to an activating group) is 1. The molecule has 0 aromatic carbocycles. The lowest BCUT2D eigenvalue weighted by atomic mass is 10.2. The Bertz CT molecular complexity index is 669. The lowest BCUT2D eigenvalue weighted by molar-refractivity contribution is 0.0696. The number of nitrogens with zero attached hydrogens (tertiary/aromatic N) is 5. The molecule has 3 rings (SSSR count). The van der Waals surface area contributed by atoms with E-state index in [0.29, 0.717) is 17.3 Å². The molecule has 22 heavy (non-hydrogen) atoms. The van der Waals surface area contributed by atoms with E-state index in [9.17, 15) is 9.90 Å². The first-order chi connectivity index (χ1) is 10.6. The van der Waals surface area contributed by atoms with Crippen molar-refractivity contribution in [1.29, 1.82) is 0 Å². The van der Waals surface area contributed by atoms with Gasteiger partial charge in [0.1, 0.15) is 17.1 Å². The third-order valence-corrected chi connectivity index (χ3v) is 3.70. The van der Waals surface area contributed by atoms with Gasteiger partial charge in [0.2, 0.25) is 0 Å². The number of piperazine rings is 1. The molecule has 0 amide bonds. The smallest absolute Gasteiger partial charge is 0.341 e. The average Bonchev–Trinajstić information content (AvgIpc) is 2.56. The Labute approximate surface area is 128 Å². The second-order valence-corrected chi connectivity index (χ2v) is 5.24. The van der Waals surface area contributed by atoms with Gasteiger partial charge < -0.3 is 14.9 Å². The Morgan fingerprint density at radius 1 is 1.18 bits per heavy atom. The first-order valence-corrected chi connectivity index (χ1v) is 7.10. The van der Waals surface area contributed by atoms with Crippen LogP contribution < -0.4 is 4.90 Å². The zero-order valence-corrected chi connectivity index (χ0v) is 12.3. The lowest BCUT2D eigenvalue weighted by Crippen LogP contribution is -2.45. The molecule has 2 aromatic heterocycles. The summed E-state index contributed by atoms with van der Waals surface area (Å²) in [6, 6.07) is 5.48. The van der Waals surface area contributed by atoms with Crippen LogP contribution in [0.3, 0.4) is 0 Å². The Kier molecular flexibility index (Phi) is 3.97. The third-order valence-electron chi connectivity index (χ3n) is 3.70. The molecule has 3 heterocycles. The van der Waals surface area contributed by atoms with Crippen molar-refractivity contribution in [1.82, 2.24) is 19.9 Å². The molecule has 1 saturated heterocycles. The van der Waals surface area contributed by atoms with E-state index < -0.39 is 5.97 Å². The topological polar surface area (TPSA) is 82.5 Å². The molecule has 2 aromatic rings. The minimum atomic E-state index is -1.01. The zero-order chi connectivity index (χ0) is 15.5. The first-order valence-electron chi connectivity index (χ1n) is 7.10. The highest BCUT2D eigenvalue weighted by molar-refractivity contribution is 5.93. The van der Waals surface area contributed by atoms with Crippen molar-refractivity contribution in [2.45, 2.75) is 0 Å². The predicted molar refractivity (Wildman–Crippen MR) is 81.9 cm³/mol. The number of carboxylic acids is 1. The summed E-state index contributed by atoms with van der Waals surface area (Å²) in [5.74, 6) is -0.0997. The standard InChI is InChI=1S/C15H17N5O2/c1-19-6-8-20(9-7-19)14-11(15(21)22)10-17-13(18-14)12-4-2-3-5-16-12/h2-5,10H,6-9H2,1H3,(H,21,22). The summed E-state index contributed by atoms with van der Waals surface area (Å²) in [5, 5.41) is 9.38. The average molecular weight is 299 g/mol. The van der Waals surface area contributed by atoms with Crippen LogP contribution in [0.25, 0.3) is 11.5 Å². The van der Waals surface area contributed by atoms with Gasteiger partial charge in [-0.25, -0.2) is 14.8 Å². The van der Waals surface area contributed by atoms with E-state index in [4.69, 9.17) is 0 Å². The largest absolute Gasteiger partial charge is 0.477 e. The highest BCUT2D eigenvalue weighted by Crippen LogP contribution is 2.22. The zero-order valence-electron chi connectivity index (χ0n) is 12.3. The summed E-state index contributed by atoms with van der Waals surface area (Å²) in [6.07, 6.45) is 3.03. The molecule has 0 bridgehead atoms. The van der Waals surface area contributed by atoms with Gasteiger partial charge >= 0.3 is 5.97 Å². The number of carbonyl (C=O) groups is 1. The number of carboxylic acid groups (broad SMARTS) is 1. The summed E-state index contributed by atoms with van der Waals surface area (Å²) >= 11 is 0. The summed E-state index contributed by atoms with van der Waals surface area (Å²) in [7, 11) is 2.05. The summed E-state index contributed by atoms with van der Waals surface area (Å²) in [6.45, 7) is 3.24. The third kappa shape index (κ3) is 2.89. The normalized spacial score (nSPS) is 15.8. The Morgan fingerprint density at radius 3 is 2.59 bits per heavy atom. The van der Waals surface area contributed by atoms with Crippen LogP contribution in [0.1, 0.15) is 10.4 Å². The molecule has 0 aliphatic carbocycles. The molecule has 7 heteroatoms. The van der Waals surface area contributed by atoms with Crippen LogP contribution >= 0.6 is 0 Å². The van der Waals surface area contributed by atoms with Crippen molar-refractivity contribution in [3.63, 3.8) is 0 Å². The predicted octanol–water partition coefficient (Wildman–Crippen LogP) is 0.989. The molecule has 1 N–H and O–H groups in total. The number of anilines is 1. The van der Waals surface area contributed by atoms with Gasteiger partial charge in [0, 0.05) is 38.6 Å². The van der Waals surface area contributed by atoms with Crippen LogP contribution in [-0.4, -0.2) is 64.2 Å². The van der Waals surface area contributed by atoms with Gasteiger partial charge in [-0.15, -0.1) is 0 Å². The molecule has 0 atom stereocenters. The molecule has 0 spiro atoms. The Morgan fingerprint density at radius 2 is 1.95 bits per heavy atom. The minimum Gasteiger partial charge on any atom is -0.477 e. The minimum absolute atomic E-state index is 0.129. The summed E-state index contributed by atoms with van der Waals surface area (Å²) in [5.41, 5.74) is 0.763. The van der Waals surface area contributed by atoms with E-state index in [0.717, 1.165) is 26.2 Å². The van der Waals surface area contributed by atoms with Crippen molar-refractivity contribution in [3.05, 3.63) is 36.2 Å². The molecule has 1 fully saturated rings. The van der Waals surface area contributed by atoms with Gasteiger partial charge in [-0.05, 0) is 19.2 Å². The fourth-order valence-corrected chi connectivity index (χ4v) is 2.40. The van der Waals surface area contributed by atoms with E-state index in [-0.39, 0.29) is 5.56 Å². The Hall–Kier alpha value is -2.54. The number of aromatic carboxylic acids is 1. The van der Waals surface area contributed by atoms with Gasteiger partial charge in [-0.1, -0.05) is 6.07 Å². The van der Waals surface area contributed by atoms with Gasteiger partial charge in [-0.3, -0.25) is 4.98 Å². The SMILES string of the molecule is CN1CCN(c2nc(-c3ccccn3)ncc2C(=O)O)CC1. The second-order valence-electron chi connectivity index (χ2n) is 5.24. The molecule has 0 unspecified atom stereocenters. The highest BCUT2D eigenvalue weighted by atomic mass is 16.4. The van der Waals surface area contributed by atoms with E-state index in [1.165, 1.54) is 6.20 Å². The number of pyridine rings is 1. The number of hydrogen-bond acceptors (Lipinski definition) is 6. The van der Waals surface area contributed by atoms with E-state index in [1.807, 2.05) is 23.1 Å². The lowest BCUT2D eigenvalue weighted by Gasteiger charge is -2.33. The van der Waals surface area contributed by atoms with Crippen LogP contribution in [0.5, 0.6) is 0 Å². The van der Waals surface area contributed by atoms with Crippen LogP contribution in [0.4, 0.5) is 5.82 Å². The van der Waals surface area contributed by atoms with Crippen molar-refractivity contribution in [2.24, 2.45) is 0 Å². The van der Waals surface area contributed by atoms with E-state index in [1.54, 1.807) is 6.20 Å². The molecule has 0 radical (unpaired) electrons. The second kappa shape index (κ2) is 6.07. The van der Waals surface area contributed by atoms with Gasteiger partial charge in [-0.2, -0.15) is 0 Å². The number of rotatable bonds is 3. The monoisotopic (exact) mass is 299 g/mol. The Balaban J connectivity index is 2.00. The maximum Gasteiger partial charge on any atom is 0.341 e. The molecule has 0 saturated carbocycles. The fourth-order valence-electron chi connectivity index (χ4n) is 2.40. The molecular weight excluding hydrogens is 282 g/mol. The van der Waals surface area contributed by atoms with Crippen LogP contribution in [-0.2, 0) is 0 Å². The van der Waals surface area contributed by atoms with E-state index in [2.05, 4.69) is 26.9 Å². The van der Waals surface area contributed by atoms with Crippen molar-refractivity contribution < 1.29 is 9.90 Å². The van der Waals surface area contributed by atoms with Crippen molar-refractivity contribution in [3.8, 4) is 11.5 Å². The van der Waals surface area contributed by atoms with Gasteiger partial charge in [0.25, 0.3) is 0 Å². The maximum atomic E-state index is 11.4. The quantitative estimate of drug-likeness (QED) is 0.905. The fraction of sp³-hybridized carbons (Fsp3) is 0.333. The molecule has 7 nitrogen and oxygen atoms in total. The van der Waals surface area contributed by atoms with Crippen LogP contribution in [0.15, 0.2) is 30.6 Å². The summed E-state index contributed by atoms with van der Waals surface area (Å²) < 4.78 is 0. The molecule has 1 aliphatic heterocycles. The highest BCUT2D eigenvalue weighted by Gasteiger charge is 2.22. The maximum absolute atomic E-state index is 11.4. The van der Waals surface area contributed by atoms with Crippen LogP contribution in [0, 0.1) is 0 Å². The molecular formula is C15H17N5O2. The van der Waals surface area contributed by atoms with Crippen molar-refractivity contribution in [2.75, 3.05) is 38.1 Å². The van der Waals surface area contributed by atoms with Gasteiger partial charge in [0.15, 0.2) is 5.82 Å². The van der Waals surface area contributed by atoms with Crippen LogP contribution in [0.2, 0.25) is 0 Å². The van der Waals surface area contributed by atoms with Crippen molar-refractivity contribution >= 4 is 11.8 Å². The summed E-state index contributed by atoms with van der Waals surface area (Å²) in [4.78, 5) is 28.5. The molecule has 114 valence electrons. The van der Waals surface area contributed by atoms with E-state index >= 15 is 0 Å². The number of hydrogen-bond donors (Lipinski definition) is 1. The number of aromatic nitrogens is 3. The molecule has 1 aliphatic rings. The van der Waals surface area contributed by atoms with Gasteiger partial charge in [0.05, 0.1) is 0 Å².